The van der Waals surface area contributed by atoms with E-state index in [1.54, 1.807) is 24.0 Å². The molecule has 4 aromatic rings. The highest BCUT2D eigenvalue weighted by Gasteiger charge is 2.23. The second-order valence-electron chi connectivity index (χ2n) is 7.80. The largest absolute Gasteiger partial charge is 0.464 e. The van der Waals surface area contributed by atoms with E-state index in [0.717, 1.165) is 57.7 Å². The average Bonchev–Trinajstić information content (AvgIpc) is 3.28. The molecule has 0 amide bonds. The molecule has 1 atom stereocenters. The summed E-state index contributed by atoms with van der Waals surface area (Å²) < 4.78 is 12.8. The van der Waals surface area contributed by atoms with Gasteiger partial charge in [0, 0.05) is 33.7 Å². The quantitative estimate of drug-likeness (QED) is 0.309. The van der Waals surface area contributed by atoms with E-state index in [-0.39, 0.29) is 11.9 Å². The number of carbonyl (C=O) groups excluding carboxylic acids is 1. The van der Waals surface area contributed by atoms with E-state index in [0.29, 0.717) is 5.02 Å². The predicted molar refractivity (Wildman–Crippen MR) is 129 cm³/mol. The zero-order valence-electron chi connectivity index (χ0n) is 18.0. The first kappa shape index (κ1) is 21.9. The van der Waals surface area contributed by atoms with Gasteiger partial charge in [0.25, 0.3) is 0 Å². The Morgan fingerprint density at radius 1 is 1.12 bits per heavy atom. The number of fused-ring (bicyclic) bond motifs is 1. The van der Waals surface area contributed by atoms with Crippen LogP contribution in [-0.4, -0.2) is 34.5 Å². The summed E-state index contributed by atoms with van der Waals surface area (Å²) in [5, 5.41) is 7.28. The van der Waals surface area contributed by atoms with Crippen molar-refractivity contribution in [2.75, 3.05) is 13.7 Å². The zero-order valence-corrected chi connectivity index (χ0v) is 19.6. The average molecular weight is 480 g/mol. The number of methoxy groups -OCH3 is 1. The van der Waals surface area contributed by atoms with Gasteiger partial charge < -0.3 is 9.47 Å². The number of carbonyl (C=O) groups is 1. The molecule has 1 unspecified atom stereocenters. The number of nitrogens with zero attached hydrogens (tertiary/aromatic N) is 3. The molecule has 1 saturated heterocycles. The van der Waals surface area contributed by atoms with Gasteiger partial charge >= 0.3 is 5.97 Å². The van der Waals surface area contributed by atoms with E-state index in [2.05, 4.69) is 11.1 Å². The third kappa shape index (κ3) is 4.62. The molecular weight excluding hydrogens is 458 g/mol. The Hall–Kier alpha value is -2.87. The minimum atomic E-state index is -0.449. The second kappa shape index (κ2) is 9.55. The fraction of sp³-hybridized carbons (Fsp3) is 0.240. The maximum absolute atomic E-state index is 11.8. The molecule has 3 heterocycles. The minimum Gasteiger partial charge on any atom is -0.464 e. The first-order valence-electron chi connectivity index (χ1n) is 10.7. The molecule has 1 aliphatic rings. The molecule has 0 spiro atoms. The van der Waals surface area contributed by atoms with Crippen LogP contribution in [0.3, 0.4) is 0 Å². The van der Waals surface area contributed by atoms with Crippen molar-refractivity contribution < 1.29 is 14.3 Å². The van der Waals surface area contributed by atoms with Gasteiger partial charge in [-0.25, -0.2) is 14.5 Å². The molecule has 8 heteroatoms. The molecule has 2 aromatic heterocycles. The molecule has 33 heavy (non-hydrogen) atoms. The SMILES string of the molecule is COC(=O)c1cc2ccc(-c3c(Sc4ccc(Cl)cc4)cnn3C3CCCCO3)cc2cn1. The van der Waals surface area contributed by atoms with Crippen molar-refractivity contribution in [2.45, 2.75) is 35.3 Å². The van der Waals surface area contributed by atoms with E-state index in [1.165, 1.54) is 7.11 Å². The monoisotopic (exact) mass is 479 g/mol. The number of aromatic nitrogens is 3. The fourth-order valence-electron chi connectivity index (χ4n) is 3.97. The van der Waals surface area contributed by atoms with Crippen LogP contribution in [0.4, 0.5) is 0 Å². The summed E-state index contributed by atoms with van der Waals surface area (Å²) in [6, 6.07) is 15.6. The van der Waals surface area contributed by atoms with Crippen molar-refractivity contribution in [1.82, 2.24) is 14.8 Å². The van der Waals surface area contributed by atoms with E-state index >= 15 is 0 Å². The number of hydrogen-bond acceptors (Lipinski definition) is 6. The molecule has 2 aromatic carbocycles. The summed E-state index contributed by atoms with van der Waals surface area (Å²) in [5.74, 6) is -0.449. The van der Waals surface area contributed by atoms with Crippen LogP contribution < -0.4 is 0 Å². The summed E-state index contributed by atoms with van der Waals surface area (Å²) in [6.07, 6.45) is 6.62. The maximum Gasteiger partial charge on any atom is 0.356 e. The van der Waals surface area contributed by atoms with Gasteiger partial charge in [0.2, 0.25) is 0 Å². The van der Waals surface area contributed by atoms with Gasteiger partial charge in [0.15, 0.2) is 6.23 Å². The summed E-state index contributed by atoms with van der Waals surface area (Å²) in [5.41, 5.74) is 2.30. The number of hydrogen-bond donors (Lipinski definition) is 0. The molecule has 0 bridgehead atoms. The van der Waals surface area contributed by atoms with Crippen molar-refractivity contribution in [1.29, 1.82) is 0 Å². The van der Waals surface area contributed by atoms with Crippen molar-refractivity contribution in [2.24, 2.45) is 0 Å². The Kier molecular flexibility index (Phi) is 6.35. The van der Waals surface area contributed by atoms with Crippen LogP contribution in [0.2, 0.25) is 5.02 Å². The Bertz CT molecular complexity index is 1300. The standard InChI is InChI=1S/C25H22ClN3O3S/c1-31-25(30)21-13-16-5-6-17(12-18(16)14-27-21)24-22(33-20-9-7-19(26)8-10-20)15-28-29(24)23-4-2-3-11-32-23/h5-10,12-15,23H,2-4,11H2,1H3. The summed E-state index contributed by atoms with van der Waals surface area (Å²) in [6.45, 7) is 0.738. The van der Waals surface area contributed by atoms with Crippen LogP contribution in [0.1, 0.15) is 36.0 Å². The molecule has 5 rings (SSSR count). The lowest BCUT2D eigenvalue weighted by atomic mass is 10.1. The van der Waals surface area contributed by atoms with Crippen LogP contribution in [0.5, 0.6) is 0 Å². The van der Waals surface area contributed by atoms with Gasteiger partial charge in [-0.05, 0) is 61.0 Å². The van der Waals surface area contributed by atoms with Gasteiger partial charge in [0.1, 0.15) is 5.69 Å². The third-order valence-corrected chi connectivity index (χ3v) is 6.90. The third-order valence-electron chi connectivity index (χ3n) is 5.62. The Balaban J connectivity index is 1.58. The summed E-state index contributed by atoms with van der Waals surface area (Å²) in [4.78, 5) is 18.2. The van der Waals surface area contributed by atoms with Crippen molar-refractivity contribution >= 4 is 40.1 Å². The topological polar surface area (TPSA) is 66.2 Å². The highest BCUT2D eigenvalue weighted by molar-refractivity contribution is 7.99. The van der Waals surface area contributed by atoms with Gasteiger partial charge in [-0.15, -0.1) is 0 Å². The fourth-order valence-corrected chi connectivity index (χ4v) is 5.03. The van der Waals surface area contributed by atoms with E-state index in [9.17, 15) is 4.79 Å². The van der Waals surface area contributed by atoms with Crippen LogP contribution in [0, 0.1) is 0 Å². The van der Waals surface area contributed by atoms with Crippen molar-refractivity contribution in [3.8, 4) is 11.3 Å². The Labute approximate surface area is 200 Å². The Morgan fingerprint density at radius 2 is 1.97 bits per heavy atom. The molecule has 168 valence electrons. The van der Waals surface area contributed by atoms with E-state index in [1.807, 2.05) is 47.3 Å². The van der Waals surface area contributed by atoms with Crippen LogP contribution >= 0.6 is 23.4 Å². The van der Waals surface area contributed by atoms with Crippen molar-refractivity contribution in [3.63, 3.8) is 0 Å². The second-order valence-corrected chi connectivity index (χ2v) is 9.35. The van der Waals surface area contributed by atoms with Crippen LogP contribution in [0.25, 0.3) is 22.0 Å². The Morgan fingerprint density at radius 3 is 2.73 bits per heavy atom. The van der Waals surface area contributed by atoms with Gasteiger partial charge in [0.05, 0.1) is 23.9 Å². The molecule has 0 aliphatic carbocycles. The number of benzene rings is 2. The normalized spacial score (nSPS) is 16.1. The number of esters is 1. The molecule has 1 aliphatic heterocycles. The maximum atomic E-state index is 11.8. The molecule has 0 radical (unpaired) electrons. The van der Waals surface area contributed by atoms with E-state index in [4.69, 9.17) is 26.2 Å². The van der Waals surface area contributed by atoms with Gasteiger partial charge in [-0.1, -0.05) is 35.5 Å². The molecule has 0 saturated carbocycles. The number of rotatable bonds is 5. The summed E-state index contributed by atoms with van der Waals surface area (Å²) in [7, 11) is 1.35. The highest BCUT2D eigenvalue weighted by Crippen LogP contribution is 2.40. The lowest BCUT2D eigenvalue weighted by molar-refractivity contribution is -0.0384. The smallest absolute Gasteiger partial charge is 0.356 e. The summed E-state index contributed by atoms with van der Waals surface area (Å²) >= 11 is 7.71. The molecule has 1 fully saturated rings. The number of ether oxygens (including phenoxy) is 2. The molecular formula is C25H22ClN3O3S. The highest BCUT2D eigenvalue weighted by atomic mass is 35.5. The van der Waals surface area contributed by atoms with Gasteiger partial charge in [-0.3, -0.25) is 0 Å². The molecule has 6 nitrogen and oxygen atoms in total. The number of halogens is 1. The predicted octanol–water partition coefficient (Wildman–Crippen LogP) is 6.39. The zero-order chi connectivity index (χ0) is 22.8. The van der Waals surface area contributed by atoms with Crippen LogP contribution in [-0.2, 0) is 9.47 Å². The first-order valence-corrected chi connectivity index (χ1v) is 11.9. The molecule has 0 N–H and O–H groups in total. The first-order chi connectivity index (χ1) is 16.1. The lowest BCUT2D eigenvalue weighted by Gasteiger charge is -2.25. The van der Waals surface area contributed by atoms with Gasteiger partial charge in [-0.2, -0.15) is 5.10 Å². The van der Waals surface area contributed by atoms with Crippen molar-refractivity contribution in [3.05, 3.63) is 71.6 Å². The van der Waals surface area contributed by atoms with Crippen LogP contribution in [0.15, 0.2) is 70.7 Å². The lowest BCUT2D eigenvalue weighted by Crippen LogP contribution is -2.20. The van der Waals surface area contributed by atoms with E-state index < -0.39 is 5.97 Å². The number of pyridine rings is 1. The minimum absolute atomic E-state index is 0.0937.